The van der Waals surface area contributed by atoms with Gasteiger partial charge in [0.05, 0.1) is 5.92 Å². The van der Waals surface area contributed by atoms with Crippen LogP contribution in [-0.2, 0) is 0 Å². The van der Waals surface area contributed by atoms with E-state index in [0.29, 0.717) is 36.8 Å². The first-order valence-electron chi connectivity index (χ1n) is 16.7. The predicted molar refractivity (Wildman–Crippen MR) is 158 cm³/mol. The van der Waals surface area contributed by atoms with Crippen LogP contribution < -0.4 is 4.74 Å². The Labute approximate surface area is 252 Å². The molecule has 0 spiro atoms. The van der Waals surface area contributed by atoms with Crippen molar-refractivity contribution in [2.45, 2.75) is 116 Å². The molecule has 0 atom stereocenters. The maximum Gasteiger partial charge on any atom is 0.400 e. The molecule has 0 amide bonds. The van der Waals surface area contributed by atoms with Gasteiger partial charge in [-0.2, -0.15) is 8.78 Å². The molecule has 3 fully saturated rings. The van der Waals surface area contributed by atoms with Crippen LogP contribution in [0.5, 0.6) is 5.75 Å². The van der Waals surface area contributed by atoms with Gasteiger partial charge in [0.15, 0.2) is 17.5 Å². The molecule has 43 heavy (non-hydrogen) atoms. The normalized spacial score (nSPS) is 28.5. The van der Waals surface area contributed by atoms with Crippen molar-refractivity contribution in [1.29, 1.82) is 0 Å². The van der Waals surface area contributed by atoms with Crippen molar-refractivity contribution >= 4 is 0 Å². The average Bonchev–Trinajstić information content (AvgIpc) is 3.00. The van der Waals surface area contributed by atoms with E-state index in [2.05, 4.69) is 6.92 Å². The first kappa shape index (κ1) is 32.2. The van der Waals surface area contributed by atoms with Gasteiger partial charge in [-0.05, 0) is 124 Å². The third kappa shape index (κ3) is 7.92. The summed E-state index contributed by atoms with van der Waals surface area (Å²) in [7, 11) is 0. The lowest BCUT2D eigenvalue weighted by molar-refractivity contribution is -0.224. The Bertz CT molecular complexity index is 1170. The van der Waals surface area contributed by atoms with Crippen LogP contribution in [0.3, 0.4) is 0 Å². The zero-order chi connectivity index (χ0) is 30.6. The summed E-state index contributed by atoms with van der Waals surface area (Å²) in [6.45, 7) is 2.27. The van der Waals surface area contributed by atoms with E-state index < -0.39 is 35.3 Å². The molecule has 0 bridgehead atoms. The largest absolute Gasteiger partial charge is 0.432 e. The standard InChI is InChI=1S/C36H46F6O/c1-2-3-4-5-23-6-8-24(9-7-23)25-10-12-26(13-11-25)27-14-16-29(17-15-27)36(41,42)43-30-18-19-31(32(37)22-30)28-20-33(38)35(40)34(39)21-28/h18-27,29H,2-17H2,1H3. The van der Waals surface area contributed by atoms with Gasteiger partial charge in [-0.1, -0.05) is 45.4 Å². The van der Waals surface area contributed by atoms with E-state index in [1.54, 1.807) is 0 Å². The molecule has 2 aromatic rings. The second-order valence-corrected chi connectivity index (χ2v) is 13.6. The minimum Gasteiger partial charge on any atom is -0.432 e. The van der Waals surface area contributed by atoms with Crippen molar-refractivity contribution in [3.05, 3.63) is 53.6 Å². The molecule has 2 aromatic carbocycles. The van der Waals surface area contributed by atoms with Crippen molar-refractivity contribution in [1.82, 2.24) is 0 Å². The lowest BCUT2D eigenvalue weighted by atomic mass is 9.65. The number of hydrogen-bond donors (Lipinski definition) is 0. The molecular weight excluding hydrogens is 562 g/mol. The molecule has 0 N–H and O–H groups in total. The topological polar surface area (TPSA) is 9.23 Å². The lowest BCUT2D eigenvalue weighted by Gasteiger charge is -2.42. The van der Waals surface area contributed by atoms with E-state index in [-0.39, 0.29) is 16.9 Å². The predicted octanol–water partition coefficient (Wildman–Crippen LogP) is 11.9. The number of hydrogen-bond acceptors (Lipinski definition) is 1. The van der Waals surface area contributed by atoms with E-state index >= 15 is 8.78 Å². The molecule has 3 saturated carbocycles. The van der Waals surface area contributed by atoms with Crippen LogP contribution in [0.2, 0.25) is 0 Å². The summed E-state index contributed by atoms with van der Waals surface area (Å²) in [5.74, 6) is -3.10. The van der Waals surface area contributed by atoms with Crippen LogP contribution in [0.25, 0.3) is 11.1 Å². The highest BCUT2D eigenvalue weighted by Crippen LogP contribution is 2.48. The number of unbranched alkanes of at least 4 members (excludes halogenated alkanes) is 2. The molecule has 3 aliphatic rings. The van der Waals surface area contributed by atoms with Crippen LogP contribution in [0.4, 0.5) is 26.3 Å². The molecule has 1 nitrogen and oxygen atoms in total. The summed E-state index contributed by atoms with van der Waals surface area (Å²) in [6.07, 6.45) is 14.8. The van der Waals surface area contributed by atoms with Crippen LogP contribution in [-0.4, -0.2) is 6.11 Å². The summed E-state index contributed by atoms with van der Waals surface area (Å²) < 4.78 is 90.5. The second-order valence-electron chi connectivity index (χ2n) is 13.6. The molecular formula is C36H46F6O. The molecule has 3 aliphatic carbocycles. The van der Waals surface area contributed by atoms with Gasteiger partial charge in [-0.3, -0.25) is 0 Å². The van der Waals surface area contributed by atoms with Gasteiger partial charge in [-0.25, -0.2) is 17.6 Å². The van der Waals surface area contributed by atoms with Gasteiger partial charge < -0.3 is 4.74 Å². The minimum absolute atomic E-state index is 0.232. The molecule has 238 valence electrons. The Kier molecular flexibility index (Phi) is 10.7. The van der Waals surface area contributed by atoms with E-state index in [9.17, 15) is 17.6 Å². The summed E-state index contributed by atoms with van der Waals surface area (Å²) in [5, 5.41) is 0. The van der Waals surface area contributed by atoms with Crippen LogP contribution in [0.1, 0.15) is 110 Å². The molecule has 0 unspecified atom stereocenters. The highest BCUT2D eigenvalue weighted by molar-refractivity contribution is 5.65. The van der Waals surface area contributed by atoms with Crippen LogP contribution >= 0.6 is 0 Å². The second kappa shape index (κ2) is 14.3. The SMILES string of the molecule is CCCCCC1CCC(C2CCC(C3CCC(C(F)(F)Oc4ccc(-c5cc(F)c(F)c(F)c5)c(F)c4)CC3)CC2)CC1. The Balaban J connectivity index is 1.07. The van der Waals surface area contributed by atoms with Crippen molar-refractivity contribution in [3.63, 3.8) is 0 Å². The molecule has 7 heteroatoms. The first-order chi connectivity index (χ1) is 20.6. The Morgan fingerprint density at radius 2 is 1.16 bits per heavy atom. The Morgan fingerprint density at radius 3 is 1.67 bits per heavy atom. The first-order valence-corrected chi connectivity index (χ1v) is 16.7. The number of ether oxygens (including phenoxy) is 1. The smallest absolute Gasteiger partial charge is 0.400 e. The zero-order valence-corrected chi connectivity index (χ0v) is 25.3. The molecule has 0 saturated heterocycles. The summed E-state index contributed by atoms with van der Waals surface area (Å²) in [6, 6.07) is 4.37. The van der Waals surface area contributed by atoms with Crippen molar-refractivity contribution < 1.29 is 31.1 Å². The van der Waals surface area contributed by atoms with Crippen molar-refractivity contribution in [3.8, 4) is 16.9 Å². The number of alkyl halides is 2. The molecule has 0 radical (unpaired) electrons. The van der Waals surface area contributed by atoms with Gasteiger partial charge in [-0.15, -0.1) is 0 Å². The fraction of sp³-hybridized carbons (Fsp3) is 0.667. The summed E-state index contributed by atoms with van der Waals surface area (Å²) >= 11 is 0. The van der Waals surface area contributed by atoms with Crippen molar-refractivity contribution in [2.75, 3.05) is 0 Å². The quantitative estimate of drug-likeness (QED) is 0.148. The lowest BCUT2D eigenvalue weighted by Crippen LogP contribution is -2.38. The maximum absolute atomic E-state index is 15.2. The number of halogens is 6. The van der Waals surface area contributed by atoms with Gasteiger partial charge in [0.1, 0.15) is 11.6 Å². The van der Waals surface area contributed by atoms with Gasteiger partial charge in [0.2, 0.25) is 0 Å². The molecule has 0 aromatic heterocycles. The maximum atomic E-state index is 15.2. The average molecular weight is 609 g/mol. The number of benzene rings is 2. The third-order valence-electron chi connectivity index (χ3n) is 11.0. The third-order valence-corrected chi connectivity index (χ3v) is 11.0. The van der Waals surface area contributed by atoms with E-state index in [1.165, 1.54) is 77.0 Å². The summed E-state index contributed by atoms with van der Waals surface area (Å²) in [5.41, 5.74) is -0.469. The Morgan fingerprint density at radius 1 is 0.651 bits per heavy atom. The number of rotatable bonds is 10. The zero-order valence-electron chi connectivity index (χ0n) is 25.3. The van der Waals surface area contributed by atoms with Crippen LogP contribution in [0, 0.1) is 58.8 Å². The highest BCUT2D eigenvalue weighted by atomic mass is 19.3. The summed E-state index contributed by atoms with van der Waals surface area (Å²) in [4.78, 5) is 0. The van der Waals surface area contributed by atoms with E-state index in [1.807, 2.05) is 0 Å². The fourth-order valence-electron chi connectivity index (χ4n) is 8.39. The highest BCUT2D eigenvalue weighted by Gasteiger charge is 2.45. The molecule has 0 aliphatic heterocycles. The van der Waals surface area contributed by atoms with Gasteiger partial charge in [0.25, 0.3) is 0 Å². The van der Waals surface area contributed by atoms with Gasteiger partial charge in [0, 0.05) is 11.6 Å². The monoisotopic (exact) mass is 608 g/mol. The molecule has 5 rings (SSSR count). The van der Waals surface area contributed by atoms with E-state index in [0.717, 1.165) is 48.8 Å². The van der Waals surface area contributed by atoms with Gasteiger partial charge >= 0.3 is 6.11 Å². The minimum atomic E-state index is -3.46. The Hall–Kier alpha value is -2.18. The van der Waals surface area contributed by atoms with Crippen LogP contribution in [0.15, 0.2) is 30.3 Å². The molecule has 0 heterocycles. The fourth-order valence-corrected chi connectivity index (χ4v) is 8.39. The van der Waals surface area contributed by atoms with E-state index in [4.69, 9.17) is 4.74 Å². The van der Waals surface area contributed by atoms with Crippen molar-refractivity contribution in [2.24, 2.45) is 35.5 Å².